The van der Waals surface area contributed by atoms with Crippen LogP contribution in [0.3, 0.4) is 0 Å². The zero-order valence-corrected chi connectivity index (χ0v) is 14.5. The van der Waals surface area contributed by atoms with Crippen LogP contribution in [0.15, 0.2) is 64.3 Å². The summed E-state index contributed by atoms with van der Waals surface area (Å²) in [4.78, 5) is 21.1. The number of fused-ring (bicyclic) bond motifs is 3. The number of carbonyl (C=O) groups is 1. The van der Waals surface area contributed by atoms with Gasteiger partial charge in [-0.1, -0.05) is 55.1 Å². The molecule has 0 unspecified atom stereocenters. The van der Waals surface area contributed by atoms with E-state index in [0.717, 1.165) is 28.5 Å². The van der Waals surface area contributed by atoms with Gasteiger partial charge in [0.05, 0.1) is 5.75 Å². The van der Waals surface area contributed by atoms with Crippen molar-refractivity contribution >= 4 is 39.6 Å². The number of nitrogens with zero attached hydrogens (tertiary/aromatic N) is 2. The fourth-order valence-corrected chi connectivity index (χ4v) is 3.57. The molecule has 0 aliphatic carbocycles. The Morgan fingerprint density at radius 3 is 2.68 bits per heavy atom. The van der Waals surface area contributed by atoms with E-state index in [2.05, 4.69) is 16.9 Å². The standard InChI is InChI=1S/C20H16N2O2S/c1-2-13-7-9-14(10-8-13)16(23)11-25-20-19-18(21-12-22-20)15-5-3-4-6-17(15)24-19/h3-10,12H,2,11H2,1H3. The van der Waals surface area contributed by atoms with Gasteiger partial charge in [0.1, 0.15) is 22.5 Å². The van der Waals surface area contributed by atoms with E-state index in [1.54, 1.807) is 0 Å². The summed E-state index contributed by atoms with van der Waals surface area (Å²) in [5.41, 5.74) is 4.15. The maximum Gasteiger partial charge on any atom is 0.186 e. The van der Waals surface area contributed by atoms with Crippen molar-refractivity contribution in [1.82, 2.24) is 9.97 Å². The molecule has 0 atom stereocenters. The lowest BCUT2D eigenvalue weighted by atomic mass is 10.1. The summed E-state index contributed by atoms with van der Waals surface area (Å²) < 4.78 is 5.89. The van der Waals surface area contributed by atoms with E-state index in [9.17, 15) is 4.79 Å². The van der Waals surface area contributed by atoms with E-state index in [-0.39, 0.29) is 5.78 Å². The Balaban J connectivity index is 1.59. The van der Waals surface area contributed by atoms with Crippen molar-refractivity contribution in [3.8, 4) is 0 Å². The molecule has 4 aromatic rings. The van der Waals surface area contributed by atoms with Crippen LogP contribution >= 0.6 is 11.8 Å². The molecule has 2 aromatic carbocycles. The molecule has 25 heavy (non-hydrogen) atoms. The number of hydrogen-bond donors (Lipinski definition) is 0. The van der Waals surface area contributed by atoms with E-state index < -0.39 is 0 Å². The van der Waals surface area contributed by atoms with E-state index in [1.165, 1.54) is 23.7 Å². The highest BCUT2D eigenvalue weighted by Crippen LogP contribution is 2.32. The minimum absolute atomic E-state index is 0.0792. The minimum Gasteiger partial charge on any atom is -0.451 e. The zero-order chi connectivity index (χ0) is 17.2. The van der Waals surface area contributed by atoms with Gasteiger partial charge in [-0.2, -0.15) is 0 Å². The smallest absolute Gasteiger partial charge is 0.186 e. The van der Waals surface area contributed by atoms with Crippen molar-refractivity contribution < 1.29 is 9.21 Å². The Kier molecular flexibility index (Phi) is 4.24. The van der Waals surface area contributed by atoms with Crippen molar-refractivity contribution in [2.75, 3.05) is 5.75 Å². The summed E-state index contributed by atoms with van der Waals surface area (Å²) in [6, 6.07) is 15.5. The average Bonchev–Trinajstić information content (AvgIpc) is 3.05. The Hall–Kier alpha value is -2.66. The van der Waals surface area contributed by atoms with Crippen LogP contribution in [0.25, 0.3) is 22.1 Å². The van der Waals surface area contributed by atoms with Crippen molar-refractivity contribution in [2.45, 2.75) is 18.4 Å². The van der Waals surface area contributed by atoms with Crippen molar-refractivity contribution in [1.29, 1.82) is 0 Å². The first-order valence-electron chi connectivity index (χ1n) is 8.13. The third-order valence-electron chi connectivity index (χ3n) is 4.15. The zero-order valence-electron chi connectivity index (χ0n) is 13.7. The number of carbonyl (C=O) groups excluding carboxylic acids is 1. The molecular formula is C20H16N2O2S. The fourth-order valence-electron chi connectivity index (χ4n) is 2.75. The molecule has 0 bridgehead atoms. The van der Waals surface area contributed by atoms with Gasteiger partial charge in [-0.15, -0.1) is 0 Å². The molecule has 0 aliphatic rings. The highest BCUT2D eigenvalue weighted by Gasteiger charge is 2.15. The number of Topliss-reactive ketones (excluding diaryl/α,β-unsaturated/α-hetero) is 1. The predicted molar refractivity (Wildman–Crippen MR) is 100 cm³/mol. The topological polar surface area (TPSA) is 56.0 Å². The van der Waals surface area contributed by atoms with E-state index in [1.807, 2.05) is 48.5 Å². The number of aromatic nitrogens is 2. The second-order valence-corrected chi connectivity index (χ2v) is 6.68. The Labute approximate surface area is 149 Å². The summed E-state index contributed by atoms with van der Waals surface area (Å²) in [7, 11) is 0. The monoisotopic (exact) mass is 348 g/mol. The first kappa shape index (κ1) is 15.8. The number of aryl methyl sites for hydroxylation is 1. The van der Waals surface area contributed by atoms with Gasteiger partial charge < -0.3 is 4.42 Å². The van der Waals surface area contributed by atoms with E-state index in [4.69, 9.17) is 4.42 Å². The number of benzene rings is 2. The molecule has 0 radical (unpaired) electrons. The van der Waals surface area contributed by atoms with Crippen LogP contribution in [0.4, 0.5) is 0 Å². The average molecular weight is 348 g/mol. The third-order valence-corrected chi connectivity index (χ3v) is 5.12. The number of rotatable bonds is 5. The second-order valence-electron chi connectivity index (χ2n) is 5.72. The van der Waals surface area contributed by atoms with E-state index in [0.29, 0.717) is 16.4 Å². The lowest BCUT2D eigenvalue weighted by Gasteiger charge is -2.03. The Morgan fingerprint density at radius 2 is 1.88 bits per heavy atom. The molecule has 4 rings (SSSR count). The van der Waals surface area contributed by atoms with Crippen LogP contribution in [-0.4, -0.2) is 21.5 Å². The van der Waals surface area contributed by atoms with Crippen LogP contribution in [0.5, 0.6) is 0 Å². The number of ketones is 1. The fraction of sp³-hybridized carbons (Fsp3) is 0.150. The van der Waals surface area contributed by atoms with Crippen LogP contribution in [0.1, 0.15) is 22.8 Å². The van der Waals surface area contributed by atoms with Gasteiger partial charge in [0, 0.05) is 10.9 Å². The molecule has 2 aromatic heterocycles. The number of para-hydroxylation sites is 1. The molecular weight excluding hydrogens is 332 g/mol. The molecule has 0 spiro atoms. The van der Waals surface area contributed by atoms with Gasteiger partial charge in [0.2, 0.25) is 0 Å². The van der Waals surface area contributed by atoms with Crippen LogP contribution < -0.4 is 0 Å². The first-order chi connectivity index (χ1) is 12.3. The minimum atomic E-state index is 0.0792. The molecule has 4 nitrogen and oxygen atoms in total. The molecule has 0 N–H and O–H groups in total. The largest absolute Gasteiger partial charge is 0.451 e. The first-order valence-corrected chi connectivity index (χ1v) is 9.12. The molecule has 0 amide bonds. The molecule has 0 saturated carbocycles. The summed E-state index contributed by atoms with van der Waals surface area (Å²) in [6.07, 6.45) is 2.49. The maximum atomic E-state index is 12.4. The van der Waals surface area contributed by atoms with E-state index >= 15 is 0 Å². The highest BCUT2D eigenvalue weighted by molar-refractivity contribution is 8.00. The highest BCUT2D eigenvalue weighted by atomic mass is 32.2. The summed E-state index contributed by atoms with van der Waals surface area (Å²) in [5.74, 6) is 0.393. The Bertz CT molecular complexity index is 1050. The lowest BCUT2D eigenvalue weighted by Crippen LogP contribution is -2.02. The maximum absolute atomic E-state index is 12.4. The van der Waals surface area contributed by atoms with Gasteiger partial charge >= 0.3 is 0 Å². The Morgan fingerprint density at radius 1 is 1.08 bits per heavy atom. The quantitative estimate of drug-likeness (QED) is 0.291. The molecule has 124 valence electrons. The number of furan rings is 1. The molecule has 0 aliphatic heterocycles. The second kappa shape index (κ2) is 6.69. The number of hydrogen-bond acceptors (Lipinski definition) is 5. The van der Waals surface area contributed by atoms with Crippen molar-refractivity contribution in [3.63, 3.8) is 0 Å². The summed E-state index contributed by atoms with van der Waals surface area (Å²) in [6.45, 7) is 2.10. The van der Waals surface area contributed by atoms with Crippen LogP contribution in [-0.2, 0) is 6.42 Å². The van der Waals surface area contributed by atoms with Gasteiger partial charge in [-0.05, 0) is 24.1 Å². The normalized spacial score (nSPS) is 11.2. The van der Waals surface area contributed by atoms with Gasteiger partial charge in [-0.3, -0.25) is 4.79 Å². The van der Waals surface area contributed by atoms with Crippen molar-refractivity contribution in [3.05, 3.63) is 66.0 Å². The molecule has 0 fully saturated rings. The van der Waals surface area contributed by atoms with Gasteiger partial charge in [0.25, 0.3) is 0 Å². The molecule has 0 saturated heterocycles. The van der Waals surface area contributed by atoms with Gasteiger partial charge in [-0.25, -0.2) is 9.97 Å². The van der Waals surface area contributed by atoms with Gasteiger partial charge in [0.15, 0.2) is 11.4 Å². The van der Waals surface area contributed by atoms with Crippen LogP contribution in [0.2, 0.25) is 0 Å². The lowest BCUT2D eigenvalue weighted by molar-refractivity contribution is 0.102. The summed E-state index contributed by atoms with van der Waals surface area (Å²) >= 11 is 1.38. The summed E-state index contributed by atoms with van der Waals surface area (Å²) in [5, 5.41) is 1.66. The van der Waals surface area contributed by atoms with Crippen LogP contribution in [0, 0.1) is 0 Å². The SMILES string of the molecule is CCc1ccc(C(=O)CSc2ncnc3c2oc2ccccc23)cc1. The number of thioether (sulfide) groups is 1. The third kappa shape index (κ3) is 3.03. The molecule has 2 heterocycles. The van der Waals surface area contributed by atoms with Crippen molar-refractivity contribution in [2.24, 2.45) is 0 Å². The molecule has 5 heteroatoms. The predicted octanol–water partition coefficient (Wildman–Crippen LogP) is 4.91.